The lowest BCUT2D eigenvalue weighted by atomic mass is 10.1. The van der Waals surface area contributed by atoms with Crippen LogP contribution in [-0.4, -0.2) is 13.4 Å². The third-order valence-corrected chi connectivity index (χ3v) is 3.82. The molecule has 0 fully saturated rings. The van der Waals surface area contributed by atoms with E-state index in [2.05, 4.69) is 4.98 Å². The average Bonchev–Trinajstić information content (AvgIpc) is 2.74. The predicted molar refractivity (Wildman–Crippen MR) is 67.6 cm³/mol. The van der Waals surface area contributed by atoms with Crippen LogP contribution in [0.4, 0.5) is 4.39 Å². The SMILES string of the molecule is O=S(=O)(Cl)c1ccc(CCc2cccc(F)c2)[nH]1. The normalized spacial score (nSPS) is 11.7. The van der Waals surface area contributed by atoms with E-state index in [1.165, 1.54) is 18.2 Å². The first-order valence-electron chi connectivity index (χ1n) is 5.32. The molecule has 0 saturated carbocycles. The number of aromatic nitrogens is 1. The van der Waals surface area contributed by atoms with E-state index in [1.807, 2.05) is 6.07 Å². The fourth-order valence-electron chi connectivity index (χ4n) is 1.68. The number of halogens is 2. The topological polar surface area (TPSA) is 49.9 Å². The maximum Gasteiger partial charge on any atom is 0.276 e. The fourth-order valence-corrected chi connectivity index (χ4v) is 2.43. The molecule has 0 bridgehead atoms. The Morgan fingerprint density at radius 1 is 1.17 bits per heavy atom. The molecule has 6 heteroatoms. The van der Waals surface area contributed by atoms with Crippen LogP contribution in [0, 0.1) is 5.82 Å². The Balaban J connectivity index is 2.05. The number of rotatable bonds is 4. The molecule has 18 heavy (non-hydrogen) atoms. The Morgan fingerprint density at radius 2 is 1.94 bits per heavy atom. The van der Waals surface area contributed by atoms with Gasteiger partial charge in [0.05, 0.1) is 0 Å². The third-order valence-electron chi connectivity index (χ3n) is 2.55. The van der Waals surface area contributed by atoms with E-state index in [0.29, 0.717) is 12.8 Å². The van der Waals surface area contributed by atoms with E-state index < -0.39 is 9.05 Å². The van der Waals surface area contributed by atoms with Gasteiger partial charge >= 0.3 is 0 Å². The zero-order valence-corrected chi connectivity index (χ0v) is 10.9. The molecule has 0 aliphatic rings. The van der Waals surface area contributed by atoms with Crippen LogP contribution in [-0.2, 0) is 21.9 Å². The molecule has 0 spiro atoms. The number of benzene rings is 1. The minimum atomic E-state index is -3.71. The predicted octanol–water partition coefficient (Wildman–Crippen LogP) is 2.87. The van der Waals surface area contributed by atoms with Crippen molar-refractivity contribution in [3.8, 4) is 0 Å². The van der Waals surface area contributed by atoms with E-state index in [1.54, 1.807) is 12.1 Å². The van der Waals surface area contributed by atoms with E-state index in [4.69, 9.17) is 10.7 Å². The minimum Gasteiger partial charge on any atom is -0.349 e. The molecular weight excluding hydrogens is 277 g/mol. The summed E-state index contributed by atoms with van der Waals surface area (Å²) in [5.74, 6) is -0.275. The lowest BCUT2D eigenvalue weighted by Gasteiger charge is -2.00. The van der Waals surface area contributed by atoms with Crippen molar-refractivity contribution in [2.75, 3.05) is 0 Å². The molecule has 3 nitrogen and oxygen atoms in total. The van der Waals surface area contributed by atoms with E-state index in [-0.39, 0.29) is 10.8 Å². The lowest BCUT2D eigenvalue weighted by molar-refractivity contribution is 0.606. The standard InChI is InChI=1S/C12H11ClFNO2S/c13-18(16,17)12-7-6-11(15-12)5-4-9-2-1-3-10(14)8-9/h1-3,6-8,15H,4-5H2. The fraction of sp³-hybridized carbons (Fsp3) is 0.167. The quantitative estimate of drug-likeness (QED) is 0.879. The van der Waals surface area contributed by atoms with Gasteiger partial charge in [0.2, 0.25) is 0 Å². The summed E-state index contributed by atoms with van der Waals surface area (Å²) in [6.45, 7) is 0. The molecule has 2 rings (SSSR count). The van der Waals surface area contributed by atoms with Gasteiger partial charge in [-0.3, -0.25) is 0 Å². The molecular formula is C12H11ClFNO2S. The zero-order chi connectivity index (χ0) is 13.2. The van der Waals surface area contributed by atoms with Gasteiger partial charge in [-0.1, -0.05) is 12.1 Å². The van der Waals surface area contributed by atoms with Crippen LogP contribution in [0.2, 0.25) is 0 Å². The van der Waals surface area contributed by atoms with Gasteiger partial charge in [0.1, 0.15) is 10.8 Å². The number of aromatic amines is 1. The molecule has 0 aliphatic heterocycles. The summed E-state index contributed by atoms with van der Waals surface area (Å²) in [5, 5.41) is -0.0154. The number of hydrogen-bond acceptors (Lipinski definition) is 2. The van der Waals surface area contributed by atoms with Crippen LogP contribution in [0.5, 0.6) is 0 Å². The summed E-state index contributed by atoms with van der Waals surface area (Å²) in [6, 6.07) is 9.40. The summed E-state index contributed by atoms with van der Waals surface area (Å²) in [6.07, 6.45) is 1.22. The van der Waals surface area contributed by atoms with E-state index >= 15 is 0 Å². The maximum atomic E-state index is 12.9. The van der Waals surface area contributed by atoms with Gasteiger partial charge in [-0.15, -0.1) is 0 Å². The van der Waals surface area contributed by atoms with Gasteiger partial charge < -0.3 is 4.98 Å². The van der Waals surface area contributed by atoms with Crippen LogP contribution in [0.3, 0.4) is 0 Å². The molecule has 2 aromatic rings. The number of H-pyrrole nitrogens is 1. The van der Waals surface area contributed by atoms with Crippen molar-refractivity contribution >= 4 is 19.7 Å². The van der Waals surface area contributed by atoms with Crippen molar-refractivity contribution in [3.63, 3.8) is 0 Å². The molecule has 0 amide bonds. The first kappa shape index (κ1) is 13.1. The summed E-state index contributed by atoms with van der Waals surface area (Å²) in [4.78, 5) is 2.72. The molecule has 1 N–H and O–H groups in total. The van der Waals surface area contributed by atoms with Crippen LogP contribution in [0.25, 0.3) is 0 Å². The molecule has 0 atom stereocenters. The van der Waals surface area contributed by atoms with Crippen molar-refractivity contribution in [1.29, 1.82) is 0 Å². The highest BCUT2D eigenvalue weighted by atomic mass is 35.7. The second-order valence-electron chi connectivity index (χ2n) is 3.92. The van der Waals surface area contributed by atoms with Gasteiger partial charge in [0, 0.05) is 16.4 Å². The molecule has 96 valence electrons. The van der Waals surface area contributed by atoms with Crippen LogP contribution >= 0.6 is 10.7 Å². The largest absolute Gasteiger partial charge is 0.349 e. The average molecular weight is 288 g/mol. The zero-order valence-electron chi connectivity index (χ0n) is 9.36. The van der Waals surface area contributed by atoms with Crippen molar-refractivity contribution in [1.82, 2.24) is 4.98 Å². The molecule has 0 radical (unpaired) electrons. The maximum absolute atomic E-state index is 12.9. The highest BCUT2D eigenvalue weighted by Gasteiger charge is 2.11. The second-order valence-corrected chi connectivity index (χ2v) is 6.45. The number of aryl methyl sites for hydroxylation is 2. The highest BCUT2D eigenvalue weighted by Crippen LogP contribution is 2.15. The van der Waals surface area contributed by atoms with Crippen molar-refractivity contribution in [3.05, 3.63) is 53.5 Å². The van der Waals surface area contributed by atoms with E-state index in [0.717, 1.165) is 11.3 Å². The number of nitrogens with one attached hydrogen (secondary N) is 1. The lowest BCUT2D eigenvalue weighted by Crippen LogP contribution is -1.94. The second kappa shape index (κ2) is 5.12. The molecule has 0 aliphatic carbocycles. The molecule has 0 unspecified atom stereocenters. The molecule has 1 aromatic heterocycles. The number of hydrogen-bond donors (Lipinski definition) is 1. The van der Waals surface area contributed by atoms with Crippen LogP contribution in [0.1, 0.15) is 11.3 Å². The molecule has 1 aromatic carbocycles. The summed E-state index contributed by atoms with van der Waals surface area (Å²) >= 11 is 0. The third kappa shape index (κ3) is 3.34. The Kier molecular flexibility index (Phi) is 3.73. The van der Waals surface area contributed by atoms with Gasteiger partial charge in [0.25, 0.3) is 9.05 Å². The highest BCUT2D eigenvalue weighted by molar-refractivity contribution is 8.13. The van der Waals surface area contributed by atoms with Crippen LogP contribution < -0.4 is 0 Å². The van der Waals surface area contributed by atoms with Gasteiger partial charge in [-0.2, -0.15) is 0 Å². The van der Waals surface area contributed by atoms with Crippen molar-refractivity contribution in [2.45, 2.75) is 17.9 Å². The Hall–Kier alpha value is -1.33. The van der Waals surface area contributed by atoms with Crippen LogP contribution in [0.15, 0.2) is 41.4 Å². The first-order chi connectivity index (χ1) is 8.45. The monoisotopic (exact) mass is 287 g/mol. The first-order valence-corrected chi connectivity index (χ1v) is 7.63. The van der Waals surface area contributed by atoms with E-state index in [9.17, 15) is 12.8 Å². The van der Waals surface area contributed by atoms with Gasteiger partial charge in [0.15, 0.2) is 0 Å². The van der Waals surface area contributed by atoms with Crippen molar-refractivity contribution in [2.24, 2.45) is 0 Å². The summed E-state index contributed by atoms with van der Waals surface area (Å²) in [5.41, 5.74) is 1.61. The van der Waals surface area contributed by atoms with Gasteiger partial charge in [-0.05, 0) is 42.7 Å². The molecule has 0 saturated heterocycles. The Bertz CT molecular complexity index is 652. The smallest absolute Gasteiger partial charge is 0.276 e. The minimum absolute atomic E-state index is 0.0154. The summed E-state index contributed by atoms with van der Waals surface area (Å²) in [7, 11) is 1.49. The molecule has 1 heterocycles. The van der Waals surface area contributed by atoms with Gasteiger partial charge in [-0.25, -0.2) is 12.8 Å². The summed E-state index contributed by atoms with van der Waals surface area (Å²) < 4.78 is 35.0. The Labute approximate surface area is 109 Å². The Morgan fingerprint density at radius 3 is 2.56 bits per heavy atom. The van der Waals surface area contributed by atoms with Crippen molar-refractivity contribution < 1.29 is 12.8 Å².